The van der Waals surface area contributed by atoms with Gasteiger partial charge in [-0.25, -0.2) is 15.0 Å². The van der Waals surface area contributed by atoms with Crippen molar-refractivity contribution in [2.75, 3.05) is 5.73 Å². The standard InChI is InChI=1S/C13H17N5/c1-6-9-16-11(14)10-12(17-9)18(7-15-10)8(2)13(3,4)5/h1,7-8H,2-5H3,(H2,14,16,17). The molecule has 2 heterocycles. The van der Waals surface area contributed by atoms with E-state index in [1.54, 1.807) is 6.33 Å². The molecular formula is C13H17N5. The summed E-state index contributed by atoms with van der Waals surface area (Å²) in [5, 5.41) is 0. The lowest BCUT2D eigenvalue weighted by Crippen LogP contribution is -2.21. The normalized spacial score (nSPS) is 13.5. The summed E-state index contributed by atoms with van der Waals surface area (Å²) >= 11 is 0. The number of nitrogens with zero attached hydrogens (tertiary/aromatic N) is 4. The van der Waals surface area contributed by atoms with Crippen LogP contribution in [0.1, 0.15) is 39.6 Å². The first kappa shape index (κ1) is 12.4. The Balaban J connectivity index is 2.68. The number of nitrogen functional groups attached to an aromatic ring is 1. The number of terminal acetylenes is 1. The summed E-state index contributed by atoms with van der Waals surface area (Å²) in [5.74, 6) is 3.03. The molecule has 0 aliphatic heterocycles. The molecule has 2 aromatic rings. The molecule has 5 nitrogen and oxygen atoms in total. The summed E-state index contributed by atoms with van der Waals surface area (Å²) in [6.45, 7) is 8.61. The van der Waals surface area contributed by atoms with Gasteiger partial charge >= 0.3 is 0 Å². The van der Waals surface area contributed by atoms with Crippen molar-refractivity contribution in [3.05, 3.63) is 12.2 Å². The maximum absolute atomic E-state index is 5.83. The number of imidazole rings is 1. The summed E-state index contributed by atoms with van der Waals surface area (Å²) in [6.07, 6.45) is 7.07. The third-order valence-electron chi connectivity index (χ3n) is 3.25. The van der Waals surface area contributed by atoms with Crippen molar-refractivity contribution in [1.82, 2.24) is 19.5 Å². The molecule has 2 N–H and O–H groups in total. The Bertz CT molecular complexity index is 627. The number of nitrogens with two attached hydrogens (primary N) is 1. The van der Waals surface area contributed by atoms with Crippen LogP contribution in [-0.4, -0.2) is 19.5 Å². The van der Waals surface area contributed by atoms with Gasteiger partial charge in [0, 0.05) is 6.04 Å². The molecule has 5 heteroatoms. The molecule has 0 amide bonds. The maximum Gasteiger partial charge on any atom is 0.208 e. The van der Waals surface area contributed by atoms with Gasteiger partial charge in [0.25, 0.3) is 0 Å². The van der Waals surface area contributed by atoms with E-state index < -0.39 is 0 Å². The fourth-order valence-electron chi connectivity index (χ4n) is 1.70. The van der Waals surface area contributed by atoms with Crippen molar-refractivity contribution in [3.8, 4) is 12.3 Å². The Kier molecular flexibility index (Phi) is 2.74. The Morgan fingerprint density at radius 1 is 1.39 bits per heavy atom. The fraction of sp³-hybridized carbons (Fsp3) is 0.462. The number of hydrogen-bond acceptors (Lipinski definition) is 4. The van der Waals surface area contributed by atoms with Crippen molar-refractivity contribution in [2.24, 2.45) is 5.41 Å². The molecule has 0 bridgehead atoms. The van der Waals surface area contributed by atoms with E-state index in [0.29, 0.717) is 22.8 Å². The molecule has 0 spiro atoms. The van der Waals surface area contributed by atoms with Gasteiger partial charge in [0.15, 0.2) is 11.5 Å². The summed E-state index contributed by atoms with van der Waals surface area (Å²) in [4.78, 5) is 12.6. The van der Waals surface area contributed by atoms with E-state index in [1.165, 1.54) is 0 Å². The first-order valence-electron chi connectivity index (χ1n) is 5.81. The highest BCUT2D eigenvalue weighted by atomic mass is 15.2. The molecule has 0 aliphatic carbocycles. The van der Waals surface area contributed by atoms with Gasteiger partial charge in [-0.05, 0) is 18.3 Å². The van der Waals surface area contributed by atoms with Crippen LogP contribution < -0.4 is 5.73 Å². The Morgan fingerprint density at radius 3 is 2.61 bits per heavy atom. The third kappa shape index (κ3) is 1.90. The molecule has 2 rings (SSSR count). The molecule has 0 aromatic carbocycles. The van der Waals surface area contributed by atoms with Gasteiger partial charge in [0.2, 0.25) is 5.82 Å². The van der Waals surface area contributed by atoms with Gasteiger partial charge in [0.1, 0.15) is 5.52 Å². The van der Waals surface area contributed by atoms with Crippen LogP contribution in [0.4, 0.5) is 5.82 Å². The van der Waals surface area contributed by atoms with E-state index in [-0.39, 0.29) is 11.5 Å². The Hall–Kier alpha value is -2.09. The summed E-state index contributed by atoms with van der Waals surface area (Å²) < 4.78 is 1.99. The zero-order chi connectivity index (χ0) is 13.5. The Morgan fingerprint density at radius 2 is 2.06 bits per heavy atom. The molecule has 18 heavy (non-hydrogen) atoms. The third-order valence-corrected chi connectivity index (χ3v) is 3.25. The van der Waals surface area contributed by atoms with Crippen molar-refractivity contribution < 1.29 is 0 Å². The van der Waals surface area contributed by atoms with Crippen LogP contribution in [0.2, 0.25) is 0 Å². The van der Waals surface area contributed by atoms with Gasteiger partial charge in [0.05, 0.1) is 6.33 Å². The second-order valence-electron chi connectivity index (χ2n) is 5.44. The van der Waals surface area contributed by atoms with Crippen molar-refractivity contribution in [3.63, 3.8) is 0 Å². The first-order valence-corrected chi connectivity index (χ1v) is 5.81. The van der Waals surface area contributed by atoms with Crippen LogP contribution in [0.25, 0.3) is 11.2 Å². The molecule has 0 fully saturated rings. The monoisotopic (exact) mass is 243 g/mol. The number of aromatic nitrogens is 4. The largest absolute Gasteiger partial charge is 0.382 e. The topological polar surface area (TPSA) is 69.6 Å². The molecule has 0 saturated heterocycles. The van der Waals surface area contributed by atoms with Gasteiger partial charge < -0.3 is 10.3 Å². The smallest absolute Gasteiger partial charge is 0.208 e. The van der Waals surface area contributed by atoms with Crippen LogP contribution in [0, 0.1) is 17.8 Å². The molecular weight excluding hydrogens is 226 g/mol. The van der Waals surface area contributed by atoms with Crippen LogP contribution in [0.3, 0.4) is 0 Å². The number of fused-ring (bicyclic) bond motifs is 1. The molecule has 94 valence electrons. The van der Waals surface area contributed by atoms with Crippen LogP contribution in [0.5, 0.6) is 0 Å². The van der Waals surface area contributed by atoms with Crippen molar-refractivity contribution in [1.29, 1.82) is 0 Å². The quantitative estimate of drug-likeness (QED) is 0.778. The highest BCUT2D eigenvalue weighted by Gasteiger charge is 2.24. The summed E-state index contributed by atoms with van der Waals surface area (Å²) in [5.41, 5.74) is 7.21. The second kappa shape index (κ2) is 3.98. The van der Waals surface area contributed by atoms with E-state index in [9.17, 15) is 0 Å². The lowest BCUT2D eigenvalue weighted by atomic mass is 9.88. The molecule has 1 unspecified atom stereocenters. The number of hydrogen-bond donors (Lipinski definition) is 1. The Labute approximate surface area is 106 Å². The lowest BCUT2D eigenvalue weighted by Gasteiger charge is -2.28. The molecule has 0 saturated carbocycles. The number of rotatable bonds is 1. The van der Waals surface area contributed by atoms with Gasteiger partial charge in [-0.2, -0.15) is 0 Å². The molecule has 0 aliphatic rings. The number of anilines is 1. The zero-order valence-electron chi connectivity index (χ0n) is 11.1. The average Bonchev–Trinajstić information content (AvgIpc) is 2.70. The van der Waals surface area contributed by atoms with Gasteiger partial charge in [-0.3, -0.25) is 0 Å². The van der Waals surface area contributed by atoms with E-state index in [2.05, 4.69) is 48.6 Å². The lowest BCUT2D eigenvalue weighted by molar-refractivity contribution is 0.266. The zero-order valence-corrected chi connectivity index (χ0v) is 11.1. The first-order chi connectivity index (χ1) is 8.34. The molecule has 1 atom stereocenters. The van der Waals surface area contributed by atoms with E-state index in [0.717, 1.165) is 0 Å². The predicted molar refractivity (Wildman–Crippen MR) is 71.8 cm³/mol. The van der Waals surface area contributed by atoms with Crippen molar-refractivity contribution in [2.45, 2.75) is 33.7 Å². The van der Waals surface area contributed by atoms with E-state index in [4.69, 9.17) is 12.2 Å². The predicted octanol–water partition coefficient (Wildman–Crippen LogP) is 2.00. The molecule has 2 aromatic heterocycles. The summed E-state index contributed by atoms with van der Waals surface area (Å²) in [6, 6.07) is 0.224. The van der Waals surface area contributed by atoms with E-state index >= 15 is 0 Å². The second-order valence-corrected chi connectivity index (χ2v) is 5.44. The van der Waals surface area contributed by atoms with Gasteiger partial charge in [-0.1, -0.05) is 20.8 Å². The highest BCUT2D eigenvalue weighted by Crippen LogP contribution is 2.32. The molecule has 0 radical (unpaired) electrons. The van der Waals surface area contributed by atoms with E-state index in [1.807, 2.05) is 4.57 Å². The van der Waals surface area contributed by atoms with Crippen LogP contribution >= 0.6 is 0 Å². The van der Waals surface area contributed by atoms with Crippen molar-refractivity contribution >= 4 is 17.0 Å². The fourth-order valence-corrected chi connectivity index (χ4v) is 1.70. The SMILES string of the molecule is C#Cc1nc(N)c2ncn(C(C)C(C)(C)C)c2n1. The summed E-state index contributed by atoms with van der Waals surface area (Å²) in [7, 11) is 0. The average molecular weight is 243 g/mol. The van der Waals surface area contributed by atoms with Crippen LogP contribution in [-0.2, 0) is 0 Å². The minimum absolute atomic E-state index is 0.0870. The maximum atomic E-state index is 5.83. The van der Waals surface area contributed by atoms with Gasteiger partial charge in [-0.15, -0.1) is 6.42 Å². The minimum atomic E-state index is 0.0870. The van der Waals surface area contributed by atoms with Crippen LogP contribution in [0.15, 0.2) is 6.33 Å². The minimum Gasteiger partial charge on any atom is -0.382 e. The highest BCUT2D eigenvalue weighted by molar-refractivity contribution is 5.82.